The van der Waals surface area contributed by atoms with E-state index in [1.807, 2.05) is 30.3 Å². The molecule has 0 bridgehead atoms. The summed E-state index contributed by atoms with van der Waals surface area (Å²) in [5.74, 6) is 0. The summed E-state index contributed by atoms with van der Waals surface area (Å²) < 4.78 is -1.79. The molecule has 2 nitrogen and oxygen atoms in total. The van der Waals surface area contributed by atoms with E-state index in [2.05, 4.69) is 4.99 Å². The summed E-state index contributed by atoms with van der Waals surface area (Å²) in [7, 11) is 0. The Morgan fingerprint density at radius 1 is 1.21 bits per heavy atom. The van der Waals surface area contributed by atoms with Crippen molar-refractivity contribution in [3.63, 3.8) is 0 Å². The second-order valence-electron chi connectivity index (χ2n) is 2.60. The fourth-order valence-corrected chi connectivity index (χ4v) is 0.949. The summed E-state index contributed by atoms with van der Waals surface area (Å²) in [4.78, 5) is 3.70. The Labute approximate surface area is 97.1 Å². The van der Waals surface area contributed by atoms with Crippen LogP contribution in [0.3, 0.4) is 0 Å². The summed E-state index contributed by atoms with van der Waals surface area (Å²) in [6.45, 7) is 0. The lowest BCUT2D eigenvalue weighted by Crippen LogP contribution is -2.22. The first-order chi connectivity index (χ1) is 6.50. The maximum Gasteiger partial charge on any atom is 0.236 e. The predicted molar refractivity (Wildman–Crippen MR) is 60.3 cm³/mol. The van der Waals surface area contributed by atoms with Crippen LogP contribution < -0.4 is 0 Å². The number of hydrogen-bond acceptors (Lipinski definition) is 2. The Morgan fingerprint density at radius 2 is 1.79 bits per heavy atom. The van der Waals surface area contributed by atoms with E-state index in [1.54, 1.807) is 0 Å². The average molecular weight is 253 g/mol. The van der Waals surface area contributed by atoms with Crippen LogP contribution in [-0.2, 0) is 0 Å². The van der Waals surface area contributed by atoms with Crippen LogP contribution in [-0.4, -0.2) is 21.3 Å². The van der Waals surface area contributed by atoms with Gasteiger partial charge in [-0.3, -0.25) is 4.99 Å². The lowest BCUT2D eigenvalue weighted by atomic mass is 10.2. The number of benzene rings is 1. The molecule has 0 spiro atoms. The van der Waals surface area contributed by atoms with Crippen LogP contribution in [0.25, 0.3) is 0 Å². The molecule has 1 aromatic carbocycles. The van der Waals surface area contributed by atoms with Gasteiger partial charge in [-0.15, -0.1) is 0 Å². The molecule has 1 unspecified atom stereocenters. The maximum atomic E-state index is 9.25. The van der Waals surface area contributed by atoms with E-state index < -0.39 is 10.0 Å². The van der Waals surface area contributed by atoms with Crippen molar-refractivity contribution in [3.05, 3.63) is 35.9 Å². The number of alkyl halides is 3. The van der Waals surface area contributed by atoms with E-state index in [0.717, 1.165) is 5.56 Å². The summed E-state index contributed by atoms with van der Waals surface area (Å²) in [6, 6.07) is 9.23. The molecule has 1 rings (SSSR count). The monoisotopic (exact) mass is 251 g/mol. The molecule has 0 heterocycles. The van der Waals surface area contributed by atoms with Gasteiger partial charge >= 0.3 is 0 Å². The minimum Gasteiger partial charge on any atom is -0.368 e. The van der Waals surface area contributed by atoms with Crippen LogP contribution in [0.4, 0.5) is 0 Å². The van der Waals surface area contributed by atoms with Crippen LogP contribution in [0.2, 0.25) is 0 Å². The molecule has 0 saturated carbocycles. The van der Waals surface area contributed by atoms with Gasteiger partial charge in [0.05, 0.1) is 0 Å². The van der Waals surface area contributed by atoms with Gasteiger partial charge in [0.1, 0.15) is 0 Å². The molecule has 14 heavy (non-hydrogen) atoms. The Hall–Kier alpha value is -0.280. The summed E-state index contributed by atoms with van der Waals surface area (Å²) in [6.07, 6.45) is 0.0970. The topological polar surface area (TPSA) is 32.6 Å². The van der Waals surface area contributed by atoms with Crippen molar-refractivity contribution in [2.24, 2.45) is 4.99 Å². The normalized spacial score (nSPS) is 14.6. The Morgan fingerprint density at radius 3 is 2.29 bits per heavy atom. The standard InChI is InChI=1S/C9H8Cl3NO/c10-9(11,12)8(14)13-6-7-4-2-1-3-5-7/h1-6,8,14H. The molecule has 0 radical (unpaired) electrons. The fraction of sp³-hybridized carbons (Fsp3) is 0.222. The Bertz CT molecular complexity index is 308. The van der Waals surface area contributed by atoms with Crippen molar-refractivity contribution in [2.45, 2.75) is 10.0 Å². The number of aliphatic imine (C=N–C) groups is 1. The van der Waals surface area contributed by atoms with Gasteiger partial charge in [0.2, 0.25) is 3.79 Å². The summed E-state index contributed by atoms with van der Waals surface area (Å²) in [5, 5.41) is 9.25. The summed E-state index contributed by atoms with van der Waals surface area (Å²) in [5.41, 5.74) is 0.834. The van der Waals surface area contributed by atoms with Gasteiger partial charge in [-0.2, -0.15) is 0 Å². The Balaban J connectivity index is 2.66. The molecule has 1 aromatic rings. The van der Waals surface area contributed by atoms with Gasteiger partial charge < -0.3 is 5.11 Å². The molecule has 0 aliphatic heterocycles. The van der Waals surface area contributed by atoms with E-state index in [9.17, 15) is 5.11 Å². The molecule has 76 valence electrons. The second-order valence-corrected chi connectivity index (χ2v) is 4.97. The largest absolute Gasteiger partial charge is 0.368 e. The summed E-state index contributed by atoms with van der Waals surface area (Å²) >= 11 is 16.3. The molecule has 0 saturated heterocycles. The van der Waals surface area contributed by atoms with E-state index in [1.165, 1.54) is 6.21 Å². The van der Waals surface area contributed by atoms with Gasteiger partial charge in [-0.1, -0.05) is 65.1 Å². The number of halogens is 3. The number of aliphatic hydroxyl groups excluding tert-OH is 1. The highest BCUT2D eigenvalue weighted by Crippen LogP contribution is 2.30. The van der Waals surface area contributed by atoms with Crippen LogP contribution in [0, 0.1) is 0 Å². The van der Waals surface area contributed by atoms with E-state index in [4.69, 9.17) is 34.8 Å². The zero-order valence-corrected chi connectivity index (χ0v) is 9.34. The highest BCUT2D eigenvalue weighted by atomic mass is 35.6. The third-order valence-electron chi connectivity index (χ3n) is 1.46. The van der Waals surface area contributed by atoms with Crippen molar-refractivity contribution in [2.75, 3.05) is 0 Å². The zero-order chi connectivity index (χ0) is 10.6. The first-order valence-electron chi connectivity index (χ1n) is 3.83. The van der Waals surface area contributed by atoms with Crippen molar-refractivity contribution in [3.8, 4) is 0 Å². The maximum absolute atomic E-state index is 9.25. The molecular formula is C9H8Cl3NO. The molecule has 0 aliphatic rings. The molecule has 1 atom stereocenters. The van der Waals surface area contributed by atoms with Crippen LogP contribution in [0.5, 0.6) is 0 Å². The van der Waals surface area contributed by atoms with E-state index in [0.29, 0.717) is 0 Å². The number of aliphatic hydroxyl groups is 1. The lowest BCUT2D eigenvalue weighted by Gasteiger charge is -2.13. The van der Waals surface area contributed by atoms with Crippen LogP contribution >= 0.6 is 34.8 Å². The van der Waals surface area contributed by atoms with Crippen molar-refractivity contribution < 1.29 is 5.11 Å². The predicted octanol–water partition coefficient (Wildman–Crippen LogP) is 2.79. The highest BCUT2D eigenvalue weighted by Gasteiger charge is 2.29. The Kier molecular flexibility index (Phi) is 4.20. The smallest absolute Gasteiger partial charge is 0.236 e. The van der Waals surface area contributed by atoms with Crippen molar-refractivity contribution in [1.82, 2.24) is 0 Å². The fourth-order valence-electron chi connectivity index (χ4n) is 0.780. The zero-order valence-electron chi connectivity index (χ0n) is 7.07. The SMILES string of the molecule is OC(N=Cc1ccccc1)C(Cl)(Cl)Cl. The minimum absolute atomic E-state index is 0.834. The van der Waals surface area contributed by atoms with Gasteiger partial charge in [0.25, 0.3) is 0 Å². The van der Waals surface area contributed by atoms with Crippen LogP contribution in [0.1, 0.15) is 5.56 Å². The first kappa shape index (κ1) is 11.8. The molecule has 5 heteroatoms. The quantitative estimate of drug-likeness (QED) is 0.637. The van der Waals surface area contributed by atoms with Crippen molar-refractivity contribution in [1.29, 1.82) is 0 Å². The number of rotatable bonds is 2. The molecule has 0 aliphatic carbocycles. The second kappa shape index (κ2) is 4.99. The lowest BCUT2D eigenvalue weighted by molar-refractivity contribution is 0.190. The molecule has 1 N–H and O–H groups in total. The van der Waals surface area contributed by atoms with Gasteiger partial charge in [0.15, 0.2) is 6.23 Å². The highest BCUT2D eigenvalue weighted by molar-refractivity contribution is 6.68. The molecule has 0 fully saturated rings. The van der Waals surface area contributed by atoms with Crippen molar-refractivity contribution >= 4 is 41.0 Å². The van der Waals surface area contributed by atoms with Gasteiger partial charge in [-0.25, -0.2) is 0 Å². The molecule has 0 aromatic heterocycles. The van der Waals surface area contributed by atoms with Crippen LogP contribution in [0.15, 0.2) is 35.3 Å². The van der Waals surface area contributed by atoms with E-state index in [-0.39, 0.29) is 0 Å². The number of hydrogen-bond donors (Lipinski definition) is 1. The third kappa shape index (κ3) is 3.84. The molecular weight excluding hydrogens is 244 g/mol. The third-order valence-corrected chi connectivity index (χ3v) is 2.04. The average Bonchev–Trinajstić information content (AvgIpc) is 2.14. The van der Waals surface area contributed by atoms with Gasteiger partial charge in [-0.05, 0) is 5.56 Å². The first-order valence-corrected chi connectivity index (χ1v) is 4.96. The van der Waals surface area contributed by atoms with Gasteiger partial charge in [0, 0.05) is 6.21 Å². The minimum atomic E-state index is -1.79. The van der Waals surface area contributed by atoms with E-state index >= 15 is 0 Å². The molecule has 0 amide bonds. The number of nitrogens with zero attached hydrogens (tertiary/aromatic N) is 1.